The number of ether oxygens (including phenoxy) is 1. The summed E-state index contributed by atoms with van der Waals surface area (Å²) in [5.74, 6) is 1.39. The van der Waals surface area contributed by atoms with E-state index in [9.17, 15) is 4.39 Å². The van der Waals surface area contributed by atoms with Gasteiger partial charge in [-0.05, 0) is 55.8 Å². The molecule has 0 amide bonds. The van der Waals surface area contributed by atoms with Crippen LogP contribution in [0.1, 0.15) is 50.5 Å². The first-order valence-electron chi connectivity index (χ1n) is 7.80. The van der Waals surface area contributed by atoms with E-state index >= 15 is 0 Å². The minimum absolute atomic E-state index is 0.114. The minimum Gasteiger partial charge on any atom is -0.497 e. The molecule has 20 heavy (non-hydrogen) atoms. The molecule has 2 rings (SSSR count). The fraction of sp³-hybridized carbons (Fsp3) is 0.647. The fourth-order valence-electron chi connectivity index (χ4n) is 3.26. The summed E-state index contributed by atoms with van der Waals surface area (Å²) >= 11 is 0. The summed E-state index contributed by atoms with van der Waals surface area (Å²) in [6.45, 7) is 4.23. The Labute approximate surface area is 121 Å². The van der Waals surface area contributed by atoms with Gasteiger partial charge in [0, 0.05) is 6.07 Å². The van der Waals surface area contributed by atoms with Crippen LogP contribution in [0.5, 0.6) is 5.75 Å². The standard InChI is InChI=1S/C17H26FNO/c1-3-10-19-12-13-6-4-5-7-15(13)16-9-8-14(20-2)11-17(16)18/h8-9,11,13,15,19H,3-7,10,12H2,1-2H3. The first-order valence-corrected chi connectivity index (χ1v) is 7.80. The Morgan fingerprint density at radius 3 is 2.80 bits per heavy atom. The molecule has 1 aromatic rings. The van der Waals surface area contributed by atoms with E-state index in [-0.39, 0.29) is 5.82 Å². The second-order valence-corrected chi connectivity index (χ2v) is 5.74. The van der Waals surface area contributed by atoms with Gasteiger partial charge < -0.3 is 10.1 Å². The molecule has 1 aliphatic rings. The lowest BCUT2D eigenvalue weighted by Gasteiger charge is -2.32. The number of rotatable bonds is 6. The maximum Gasteiger partial charge on any atom is 0.130 e. The fourth-order valence-corrected chi connectivity index (χ4v) is 3.26. The summed E-state index contributed by atoms with van der Waals surface area (Å²) in [7, 11) is 1.58. The molecule has 3 heteroatoms. The van der Waals surface area contributed by atoms with E-state index in [1.54, 1.807) is 7.11 Å². The molecule has 1 aromatic carbocycles. The van der Waals surface area contributed by atoms with Gasteiger partial charge in [-0.1, -0.05) is 25.8 Å². The van der Waals surface area contributed by atoms with Crippen molar-refractivity contribution in [1.29, 1.82) is 0 Å². The topological polar surface area (TPSA) is 21.3 Å². The van der Waals surface area contributed by atoms with Gasteiger partial charge in [0.2, 0.25) is 0 Å². The summed E-state index contributed by atoms with van der Waals surface area (Å²) in [4.78, 5) is 0. The molecule has 0 heterocycles. The number of nitrogens with one attached hydrogen (secondary N) is 1. The number of halogens is 1. The van der Waals surface area contributed by atoms with E-state index in [4.69, 9.17) is 4.74 Å². The van der Waals surface area contributed by atoms with Gasteiger partial charge in [0.15, 0.2) is 0 Å². The summed E-state index contributed by atoms with van der Waals surface area (Å²) in [6, 6.07) is 5.31. The second kappa shape index (κ2) is 7.63. The molecule has 1 fully saturated rings. The highest BCUT2D eigenvalue weighted by molar-refractivity contribution is 5.31. The molecule has 0 spiro atoms. The molecule has 0 aromatic heterocycles. The summed E-state index contributed by atoms with van der Waals surface area (Å²) in [5.41, 5.74) is 0.869. The highest BCUT2D eigenvalue weighted by Crippen LogP contribution is 2.39. The van der Waals surface area contributed by atoms with Crippen LogP contribution in [-0.2, 0) is 0 Å². The highest BCUT2D eigenvalue weighted by atomic mass is 19.1. The van der Waals surface area contributed by atoms with Gasteiger partial charge in [-0.15, -0.1) is 0 Å². The first kappa shape index (κ1) is 15.3. The number of benzene rings is 1. The van der Waals surface area contributed by atoms with Crippen molar-refractivity contribution >= 4 is 0 Å². The molecule has 0 radical (unpaired) electrons. The van der Waals surface area contributed by atoms with Crippen molar-refractivity contribution in [2.75, 3.05) is 20.2 Å². The Balaban J connectivity index is 2.10. The Morgan fingerprint density at radius 1 is 1.30 bits per heavy atom. The largest absolute Gasteiger partial charge is 0.497 e. The van der Waals surface area contributed by atoms with Crippen LogP contribution < -0.4 is 10.1 Å². The molecule has 0 bridgehead atoms. The van der Waals surface area contributed by atoms with Crippen LogP contribution >= 0.6 is 0 Å². The van der Waals surface area contributed by atoms with Gasteiger partial charge in [0.1, 0.15) is 11.6 Å². The number of methoxy groups -OCH3 is 1. The normalized spacial score (nSPS) is 22.8. The lowest BCUT2D eigenvalue weighted by atomic mass is 9.75. The molecular formula is C17H26FNO. The Hall–Kier alpha value is -1.09. The van der Waals surface area contributed by atoms with Crippen molar-refractivity contribution in [3.63, 3.8) is 0 Å². The molecule has 1 N–H and O–H groups in total. The van der Waals surface area contributed by atoms with Crippen molar-refractivity contribution in [3.8, 4) is 5.75 Å². The lowest BCUT2D eigenvalue weighted by molar-refractivity contribution is 0.290. The average molecular weight is 279 g/mol. The SMILES string of the molecule is CCCNCC1CCCCC1c1ccc(OC)cc1F. The van der Waals surface area contributed by atoms with Gasteiger partial charge in [-0.25, -0.2) is 4.39 Å². The molecule has 0 saturated heterocycles. The maximum atomic E-state index is 14.3. The van der Waals surface area contributed by atoms with Gasteiger partial charge in [-0.3, -0.25) is 0 Å². The molecular weight excluding hydrogens is 253 g/mol. The van der Waals surface area contributed by atoms with E-state index in [1.165, 1.54) is 25.3 Å². The summed E-state index contributed by atoms with van der Waals surface area (Å²) in [5, 5.41) is 3.50. The van der Waals surface area contributed by atoms with Crippen molar-refractivity contribution < 1.29 is 9.13 Å². The maximum absolute atomic E-state index is 14.3. The third-order valence-corrected chi connectivity index (χ3v) is 4.35. The highest BCUT2D eigenvalue weighted by Gasteiger charge is 2.28. The van der Waals surface area contributed by atoms with E-state index < -0.39 is 0 Å². The predicted octanol–water partition coefficient (Wildman–Crippen LogP) is 4.11. The van der Waals surface area contributed by atoms with Crippen LogP contribution in [0.2, 0.25) is 0 Å². The first-order chi connectivity index (χ1) is 9.76. The molecule has 2 nitrogen and oxygen atoms in total. The number of hydrogen-bond donors (Lipinski definition) is 1. The monoisotopic (exact) mass is 279 g/mol. The minimum atomic E-state index is -0.114. The molecule has 2 atom stereocenters. The van der Waals surface area contributed by atoms with Crippen LogP contribution in [0, 0.1) is 11.7 Å². The molecule has 0 aliphatic heterocycles. The summed E-state index contributed by atoms with van der Waals surface area (Å²) in [6.07, 6.45) is 5.93. The van der Waals surface area contributed by atoms with Gasteiger partial charge in [0.25, 0.3) is 0 Å². The van der Waals surface area contributed by atoms with Crippen molar-refractivity contribution in [1.82, 2.24) is 5.32 Å². The Kier molecular flexibility index (Phi) is 5.84. The van der Waals surface area contributed by atoms with Gasteiger partial charge >= 0.3 is 0 Å². The zero-order valence-electron chi connectivity index (χ0n) is 12.6. The van der Waals surface area contributed by atoms with Crippen molar-refractivity contribution in [3.05, 3.63) is 29.6 Å². The average Bonchev–Trinajstić information content (AvgIpc) is 2.48. The third kappa shape index (κ3) is 3.72. The zero-order chi connectivity index (χ0) is 14.4. The van der Waals surface area contributed by atoms with Crippen molar-refractivity contribution in [2.45, 2.75) is 44.9 Å². The van der Waals surface area contributed by atoms with Crippen LogP contribution in [0.15, 0.2) is 18.2 Å². The Bertz CT molecular complexity index is 421. The quantitative estimate of drug-likeness (QED) is 0.791. The number of hydrogen-bond acceptors (Lipinski definition) is 2. The van der Waals surface area contributed by atoms with Crippen LogP contribution in [0.3, 0.4) is 0 Å². The molecule has 112 valence electrons. The van der Waals surface area contributed by atoms with Gasteiger partial charge in [-0.2, -0.15) is 0 Å². The smallest absolute Gasteiger partial charge is 0.130 e. The van der Waals surface area contributed by atoms with E-state index in [2.05, 4.69) is 12.2 Å². The Morgan fingerprint density at radius 2 is 2.10 bits per heavy atom. The molecule has 1 saturated carbocycles. The predicted molar refractivity (Wildman–Crippen MR) is 80.8 cm³/mol. The molecule has 1 aliphatic carbocycles. The lowest BCUT2D eigenvalue weighted by Crippen LogP contribution is -2.30. The zero-order valence-corrected chi connectivity index (χ0v) is 12.6. The third-order valence-electron chi connectivity index (χ3n) is 4.35. The van der Waals surface area contributed by atoms with Crippen molar-refractivity contribution in [2.24, 2.45) is 5.92 Å². The van der Waals surface area contributed by atoms with Gasteiger partial charge in [0.05, 0.1) is 7.11 Å². The van der Waals surface area contributed by atoms with Crippen LogP contribution in [0.25, 0.3) is 0 Å². The van der Waals surface area contributed by atoms with E-state index in [0.717, 1.165) is 31.5 Å². The summed E-state index contributed by atoms with van der Waals surface area (Å²) < 4.78 is 19.4. The van der Waals surface area contributed by atoms with E-state index in [0.29, 0.717) is 17.6 Å². The van der Waals surface area contributed by atoms with Crippen LogP contribution in [-0.4, -0.2) is 20.2 Å². The molecule has 2 unspecified atom stereocenters. The second-order valence-electron chi connectivity index (χ2n) is 5.74. The van der Waals surface area contributed by atoms with Crippen LogP contribution in [0.4, 0.5) is 4.39 Å². The van der Waals surface area contributed by atoms with E-state index in [1.807, 2.05) is 12.1 Å².